The number of thiazole rings is 1. The summed E-state index contributed by atoms with van der Waals surface area (Å²) in [6.45, 7) is 6.17. The number of para-hydroxylation sites is 1. The summed E-state index contributed by atoms with van der Waals surface area (Å²) in [5.74, 6) is 0.902. The van der Waals surface area contributed by atoms with Crippen molar-refractivity contribution in [2.24, 2.45) is 0 Å². The third kappa shape index (κ3) is 4.25. The number of carbonyl (C=O) groups excluding carboxylic acids is 1. The van der Waals surface area contributed by atoms with Crippen LogP contribution in [-0.4, -0.2) is 18.0 Å². The molecule has 0 aliphatic rings. The molecule has 1 amide bonds. The van der Waals surface area contributed by atoms with Gasteiger partial charge in [0.1, 0.15) is 5.75 Å². The van der Waals surface area contributed by atoms with Gasteiger partial charge in [-0.25, -0.2) is 4.98 Å². The SMILES string of the molecule is CCCCC(=O)N(c1nc(-c2ccc(OC)cc2)c(C)s1)c1ccccc1C. The molecule has 0 fully saturated rings. The predicted octanol–water partition coefficient (Wildman–Crippen LogP) is 6.29. The van der Waals surface area contributed by atoms with E-state index in [-0.39, 0.29) is 5.91 Å². The zero-order chi connectivity index (χ0) is 20.1. The van der Waals surface area contributed by atoms with E-state index in [0.29, 0.717) is 6.42 Å². The zero-order valence-corrected chi connectivity index (χ0v) is 17.7. The fourth-order valence-electron chi connectivity index (χ4n) is 3.09. The van der Waals surface area contributed by atoms with Crippen molar-refractivity contribution in [1.29, 1.82) is 0 Å². The minimum absolute atomic E-state index is 0.0891. The first-order valence-electron chi connectivity index (χ1n) is 9.55. The molecule has 1 heterocycles. The third-order valence-electron chi connectivity index (χ3n) is 4.69. The van der Waals surface area contributed by atoms with Gasteiger partial charge in [-0.2, -0.15) is 0 Å². The number of anilines is 2. The van der Waals surface area contributed by atoms with Crippen molar-refractivity contribution in [1.82, 2.24) is 4.98 Å². The molecule has 4 nitrogen and oxygen atoms in total. The Labute approximate surface area is 170 Å². The highest BCUT2D eigenvalue weighted by Crippen LogP contribution is 2.37. The maximum Gasteiger partial charge on any atom is 0.233 e. The molecular formula is C23H26N2O2S. The van der Waals surface area contributed by atoms with Crippen LogP contribution in [0.2, 0.25) is 0 Å². The third-order valence-corrected chi connectivity index (χ3v) is 5.65. The standard InChI is InChI=1S/C23H26N2O2S/c1-5-6-11-21(26)25(20-10-8-7-9-16(20)2)23-24-22(17(3)28-23)18-12-14-19(27-4)15-13-18/h7-10,12-15H,5-6,11H2,1-4H3. The van der Waals surface area contributed by atoms with Crippen molar-refractivity contribution in [3.63, 3.8) is 0 Å². The Morgan fingerprint density at radius 1 is 1.11 bits per heavy atom. The highest BCUT2D eigenvalue weighted by atomic mass is 32.1. The number of hydrogen-bond acceptors (Lipinski definition) is 4. The van der Waals surface area contributed by atoms with Crippen LogP contribution in [0.4, 0.5) is 10.8 Å². The van der Waals surface area contributed by atoms with Crippen LogP contribution < -0.4 is 9.64 Å². The Kier molecular flexibility index (Phi) is 6.47. The molecule has 0 aliphatic carbocycles. The van der Waals surface area contributed by atoms with Gasteiger partial charge in [0.15, 0.2) is 5.13 Å². The molecule has 0 saturated heterocycles. The lowest BCUT2D eigenvalue weighted by Crippen LogP contribution is -2.26. The van der Waals surface area contributed by atoms with Crippen LogP contribution in [0.25, 0.3) is 11.3 Å². The van der Waals surface area contributed by atoms with Gasteiger partial charge in [-0.1, -0.05) is 31.5 Å². The summed E-state index contributed by atoms with van der Waals surface area (Å²) < 4.78 is 5.25. The van der Waals surface area contributed by atoms with Gasteiger partial charge < -0.3 is 4.74 Å². The van der Waals surface area contributed by atoms with Crippen molar-refractivity contribution in [2.45, 2.75) is 40.0 Å². The number of amides is 1. The van der Waals surface area contributed by atoms with E-state index < -0.39 is 0 Å². The highest BCUT2D eigenvalue weighted by molar-refractivity contribution is 7.16. The summed E-state index contributed by atoms with van der Waals surface area (Å²) in [5.41, 5.74) is 3.89. The molecule has 5 heteroatoms. The number of nitrogens with zero attached hydrogens (tertiary/aromatic N) is 2. The fourth-order valence-corrected chi connectivity index (χ4v) is 4.06. The van der Waals surface area contributed by atoms with Gasteiger partial charge in [-0.15, -0.1) is 11.3 Å². The van der Waals surface area contributed by atoms with Crippen molar-refractivity contribution < 1.29 is 9.53 Å². The number of carbonyl (C=O) groups is 1. The molecule has 28 heavy (non-hydrogen) atoms. The summed E-state index contributed by atoms with van der Waals surface area (Å²) in [6.07, 6.45) is 2.37. The molecule has 3 rings (SSSR count). The maximum absolute atomic E-state index is 13.1. The lowest BCUT2D eigenvalue weighted by atomic mass is 10.1. The Hall–Kier alpha value is -2.66. The second-order valence-corrected chi connectivity index (χ2v) is 7.93. The Balaban J connectivity index is 2.03. The van der Waals surface area contributed by atoms with Crippen LogP contribution in [-0.2, 0) is 4.79 Å². The summed E-state index contributed by atoms with van der Waals surface area (Å²) in [7, 11) is 1.66. The highest BCUT2D eigenvalue weighted by Gasteiger charge is 2.23. The van der Waals surface area contributed by atoms with Crippen molar-refractivity contribution in [3.05, 3.63) is 59.0 Å². The first-order chi connectivity index (χ1) is 13.5. The summed E-state index contributed by atoms with van der Waals surface area (Å²) in [6, 6.07) is 15.8. The first kappa shape index (κ1) is 20.1. The Morgan fingerprint density at radius 3 is 2.46 bits per heavy atom. The van der Waals surface area contributed by atoms with E-state index in [1.807, 2.05) is 62.4 Å². The molecule has 0 saturated carbocycles. The van der Waals surface area contributed by atoms with E-state index >= 15 is 0 Å². The van der Waals surface area contributed by atoms with Crippen molar-refractivity contribution in [2.75, 3.05) is 12.0 Å². The number of hydrogen-bond donors (Lipinski definition) is 0. The summed E-state index contributed by atoms with van der Waals surface area (Å²) in [5, 5.41) is 0.721. The van der Waals surface area contributed by atoms with Gasteiger partial charge in [0, 0.05) is 16.9 Å². The van der Waals surface area contributed by atoms with Crippen LogP contribution in [0.1, 0.15) is 36.6 Å². The average molecular weight is 395 g/mol. The van der Waals surface area contributed by atoms with Gasteiger partial charge in [-0.3, -0.25) is 9.69 Å². The average Bonchev–Trinajstić information content (AvgIpc) is 3.09. The number of unbranched alkanes of at least 4 members (excludes halogenated alkanes) is 1. The molecule has 1 aromatic heterocycles. The lowest BCUT2D eigenvalue weighted by molar-refractivity contribution is -0.118. The van der Waals surface area contributed by atoms with E-state index in [9.17, 15) is 4.79 Å². The largest absolute Gasteiger partial charge is 0.497 e. The van der Waals surface area contributed by atoms with E-state index in [2.05, 4.69) is 6.92 Å². The molecule has 0 radical (unpaired) electrons. The molecule has 146 valence electrons. The fraction of sp³-hybridized carbons (Fsp3) is 0.304. The molecule has 0 bridgehead atoms. The van der Waals surface area contributed by atoms with Gasteiger partial charge in [0.05, 0.1) is 18.5 Å². The molecule has 0 N–H and O–H groups in total. The predicted molar refractivity (Wildman–Crippen MR) is 117 cm³/mol. The van der Waals surface area contributed by atoms with Gasteiger partial charge in [0.2, 0.25) is 5.91 Å². The molecule has 0 aliphatic heterocycles. The van der Waals surface area contributed by atoms with Gasteiger partial charge >= 0.3 is 0 Å². The molecule has 0 spiro atoms. The number of methoxy groups -OCH3 is 1. The minimum Gasteiger partial charge on any atom is -0.497 e. The molecular weight excluding hydrogens is 368 g/mol. The van der Waals surface area contributed by atoms with E-state index in [1.54, 1.807) is 23.3 Å². The van der Waals surface area contributed by atoms with Gasteiger partial charge in [0.25, 0.3) is 0 Å². The maximum atomic E-state index is 13.1. The van der Waals surface area contributed by atoms with Crippen LogP contribution in [0, 0.1) is 13.8 Å². The first-order valence-corrected chi connectivity index (χ1v) is 10.4. The summed E-state index contributed by atoms with van der Waals surface area (Å²) in [4.78, 5) is 20.8. The smallest absolute Gasteiger partial charge is 0.233 e. The van der Waals surface area contributed by atoms with Gasteiger partial charge in [-0.05, 0) is 56.2 Å². The lowest BCUT2D eigenvalue weighted by Gasteiger charge is -2.22. The zero-order valence-electron chi connectivity index (χ0n) is 16.9. The number of aryl methyl sites for hydroxylation is 2. The number of rotatable bonds is 7. The van der Waals surface area contributed by atoms with Crippen molar-refractivity contribution >= 4 is 28.1 Å². The van der Waals surface area contributed by atoms with Crippen LogP contribution >= 0.6 is 11.3 Å². The molecule has 0 unspecified atom stereocenters. The second kappa shape index (κ2) is 9.02. The molecule has 3 aromatic rings. The molecule has 0 atom stereocenters. The topological polar surface area (TPSA) is 42.4 Å². The second-order valence-electron chi connectivity index (χ2n) is 6.75. The Bertz CT molecular complexity index is 947. The monoisotopic (exact) mass is 394 g/mol. The van der Waals surface area contributed by atoms with Crippen LogP contribution in [0.5, 0.6) is 5.75 Å². The quantitative estimate of drug-likeness (QED) is 0.473. The minimum atomic E-state index is 0.0891. The Morgan fingerprint density at radius 2 is 1.82 bits per heavy atom. The molecule has 2 aromatic carbocycles. The number of ether oxygens (including phenoxy) is 1. The van der Waals surface area contributed by atoms with E-state index in [0.717, 1.165) is 51.1 Å². The van der Waals surface area contributed by atoms with E-state index in [4.69, 9.17) is 9.72 Å². The van der Waals surface area contributed by atoms with E-state index in [1.165, 1.54) is 0 Å². The number of aromatic nitrogens is 1. The normalized spacial score (nSPS) is 10.7. The van der Waals surface area contributed by atoms with Crippen LogP contribution in [0.3, 0.4) is 0 Å². The van der Waals surface area contributed by atoms with Crippen molar-refractivity contribution in [3.8, 4) is 17.0 Å². The van der Waals surface area contributed by atoms with Crippen LogP contribution in [0.15, 0.2) is 48.5 Å². The number of benzene rings is 2. The summed E-state index contributed by atoms with van der Waals surface area (Å²) >= 11 is 1.56.